The maximum atomic E-state index is 14.6. The van der Waals surface area contributed by atoms with E-state index in [1.165, 1.54) is 14.2 Å². The van der Waals surface area contributed by atoms with Crippen LogP contribution in [-0.4, -0.2) is 162 Å². The Kier molecular flexibility index (Phi) is 30.6. The molecule has 0 heterocycles. The van der Waals surface area contributed by atoms with E-state index in [1.807, 2.05) is 36.4 Å². The van der Waals surface area contributed by atoms with Crippen LogP contribution in [0.2, 0.25) is 0 Å². The molecule has 6 N–H and O–H groups in total. The van der Waals surface area contributed by atoms with Crippen LogP contribution in [0.3, 0.4) is 0 Å². The summed E-state index contributed by atoms with van der Waals surface area (Å²) in [5, 5.41) is 16.3. The van der Waals surface area contributed by atoms with Crippen LogP contribution in [0.4, 0.5) is 9.59 Å². The number of nitrogens with one attached hydrogen (secondary N) is 6. The lowest BCUT2D eigenvalue weighted by Crippen LogP contribution is -2.50. The number of nitrogens with zero attached hydrogens (tertiary/aromatic N) is 2. The van der Waals surface area contributed by atoms with Crippen LogP contribution in [-0.2, 0) is 83.4 Å². The van der Waals surface area contributed by atoms with E-state index in [0.717, 1.165) is 32.1 Å². The van der Waals surface area contributed by atoms with Crippen molar-refractivity contribution in [1.82, 2.24) is 41.7 Å². The van der Waals surface area contributed by atoms with E-state index < -0.39 is 110 Å². The Balaban J connectivity index is 1.20. The van der Waals surface area contributed by atoms with Gasteiger partial charge in [-0.15, -0.1) is 0 Å². The van der Waals surface area contributed by atoms with Gasteiger partial charge in [-0.3, -0.25) is 28.8 Å². The van der Waals surface area contributed by atoms with E-state index in [1.54, 1.807) is 87.0 Å². The Morgan fingerprint density at radius 1 is 0.443 bits per heavy atom. The quantitative estimate of drug-likeness (QED) is 0.0204. The average molecular weight is 1220 g/mol. The summed E-state index contributed by atoms with van der Waals surface area (Å²) in [6.07, 6.45) is 2.23. The van der Waals surface area contributed by atoms with Crippen LogP contribution in [0.5, 0.6) is 11.5 Å². The molecule has 4 atom stereocenters. The molecular formula is C64H84N8O16. The predicted octanol–water partition coefficient (Wildman–Crippen LogP) is 4.69. The second kappa shape index (κ2) is 38.7. The van der Waals surface area contributed by atoms with Crippen LogP contribution in [0, 0.1) is 11.8 Å². The minimum Gasteiger partial charge on any atom is -0.497 e. The molecule has 0 saturated heterocycles. The van der Waals surface area contributed by atoms with Gasteiger partial charge in [0.05, 0.1) is 28.4 Å². The molecule has 1 fully saturated rings. The Morgan fingerprint density at radius 3 is 1.14 bits per heavy atom. The highest BCUT2D eigenvalue weighted by Crippen LogP contribution is 2.32. The van der Waals surface area contributed by atoms with Gasteiger partial charge in [0, 0.05) is 38.0 Å². The fraction of sp³-hybridized carbons (Fsp3) is 0.469. The number of hydrogen-bond acceptors (Lipinski definition) is 16. The van der Waals surface area contributed by atoms with Crippen molar-refractivity contribution >= 4 is 59.6 Å². The van der Waals surface area contributed by atoms with Crippen molar-refractivity contribution in [2.75, 3.05) is 80.8 Å². The second-order valence-electron chi connectivity index (χ2n) is 21.1. The van der Waals surface area contributed by atoms with Gasteiger partial charge in [-0.1, -0.05) is 91.3 Å². The Hall–Kier alpha value is -9.22. The highest BCUT2D eigenvalue weighted by atomic mass is 16.6. The zero-order valence-corrected chi connectivity index (χ0v) is 50.7. The van der Waals surface area contributed by atoms with Crippen molar-refractivity contribution in [2.24, 2.45) is 11.8 Å². The van der Waals surface area contributed by atoms with Crippen molar-refractivity contribution in [3.05, 3.63) is 131 Å². The second-order valence-corrected chi connectivity index (χ2v) is 21.1. The third-order valence-electron chi connectivity index (χ3n) is 14.6. The first kappa shape index (κ1) is 69.6. The molecule has 4 aromatic rings. The molecule has 0 radical (unpaired) electrons. The number of alkyl carbamates (subject to hydrolysis) is 2. The molecule has 24 nitrogen and oxygen atoms in total. The molecule has 88 heavy (non-hydrogen) atoms. The lowest BCUT2D eigenvalue weighted by atomic mass is 9.80. The Bertz CT molecular complexity index is 2670. The molecule has 5 rings (SSSR count). The molecule has 4 aromatic carbocycles. The summed E-state index contributed by atoms with van der Waals surface area (Å²) in [4.78, 5) is 136. The van der Waals surface area contributed by atoms with E-state index >= 15 is 0 Å². The smallest absolute Gasteiger partial charge is 0.408 e. The minimum atomic E-state index is -1.02. The SMILES string of the molecule is COC(=O)[C@H](CCCCNC(=O)CN(CC(=O)NCCc1ccc(OC)cc1)C(=O)C1CCCC(C(=O)N(CC(=O)NCCCC[C@H](NC(=O)OCc2ccccc2)C(=O)OC)CC(=O)NCCc2ccc(OC)cc2)C1)NC(=O)OCc1ccccc1. The number of carbonyl (C=O) groups excluding carboxylic acids is 10. The number of esters is 2. The molecule has 1 aliphatic carbocycles. The van der Waals surface area contributed by atoms with E-state index in [0.29, 0.717) is 69.3 Å². The number of rotatable bonds is 36. The first-order valence-corrected chi connectivity index (χ1v) is 29.6. The molecule has 476 valence electrons. The number of benzene rings is 4. The number of hydrogen-bond donors (Lipinski definition) is 6. The van der Waals surface area contributed by atoms with Crippen molar-refractivity contribution in [1.29, 1.82) is 0 Å². The molecule has 24 heteroatoms. The van der Waals surface area contributed by atoms with Gasteiger partial charge in [-0.2, -0.15) is 0 Å². The van der Waals surface area contributed by atoms with Crippen molar-refractivity contribution in [2.45, 2.75) is 102 Å². The Morgan fingerprint density at radius 2 is 0.795 bits per heavy atom. The lowest BCUT2D eigenvalue weighted by molar-refractivity contribution is -0.147. The van der Waals surface area contributed by atoms with Gasteiger partial charge in [-0.25, -0.2) is 19.2 Å². The zero-order valence-electron chi connectivity index (χ0n) is 50.7. The zero-order chi connectivity index (χ0) is 63.5. The topological polar surface area (TPSA) is 305 Å². The molecule has 8 amide bonds. The summed E-state index contributed by atoms with van der Waals surface area (Å²) in [5.41, 5.74) is 3.38. The number of amides is 8. The van der Waals surface area contributed by atoms with Gasteiger partial charge in [0.15, 0.2) is 0 Å². The van der Waals surface area contributed by atoms with Crippen LogP contribution in [0.25, 0.3) is 0 Å². The largest absolute Gasteiger partial charge is 0.497 e. The summed E-state index contributed by atoms with van der Waals surface area (Å²) < 4.78 is 30.8. The predicted molar refractivity (Wildman–Crippen MR) is 323 cm³/mol. The minimum absolute atomic E-state index is 0.00438. The van der Waals surface area contributed by atoms with Crippen molar-refractivity contribution in [3.63, 3.8) is 0 Å². The monoisotopic (exact) mass is 1220 g/mol. The molecule has 1 saturated carbocycles. The molecule has 0 bridgehead atoms. The summed E-state index contributed by atoms with van der Waals surface area (Å²) in [6.45, 7) is -1.24. The molecule has 2 unspecified atom stereocenters. The summed E-state index contributed by atoms with van der Waals surface area (Å²) in [6, 6.07) is 30.7. The third kappa shape index (κ3) is 25.8. The standard InChI is InChI=1S/C64H84N8O16/c1-83-51-28-24-45(25-29-51)32-36-67-57(75)41-71(39-55(73)65-34-13-11-22-53(61(79)85-3)69-63(81)87-43-47-16-7-5-8-17-47)59(77)49-20-15-21-50(38-49)60(78)72(42-58(76)68-37-33-46-26-30-52(84-2)31-27-46)40-56(74)66-35-14-12-23-54(62(80)86-4)70-64(82)88-44-48-18-9-6-10-19-48/h5-10,16-19,24-31,49-50,53-54H,11-15,20-23,32-44H2,1-4H3,(H,65,73)(H,66,74)(H,67,75)(H,68,76)(H,69,81)(H,70,82)/t49?,50?,53-,54-/m0/s1. The summed E-state index contributed by atoms with van der Waals surface area (Å²) >= 11 is 0. The van der Waals surface area contributed by atoms with Crippen molar-refractivity contribution < 1.29 is 76.4 Å². The van der Waals surface area contributed by atoms with E-state index in [-0.39, 0.29) is 58.7 Å². The van der Waals surface area contributed by atoms with Crippen molar-refractivity contribution in [3.8, 4) is 11.5 Å². The average Bonchev–Trinajstić information content (AvgIpc) is 3.74. The first-order valence-electron chi connectivity index (χ1n) is 29.6. The fourth-order valence-electron chi connectivity index (χ4n) is 9.77. The van der Waals surface area contributed by atoms with Gasteiger partial charge >= 0.3 is 24.1 Å². The van der Waals surface area contributed by atoms with Crippen LogP contribution < -0.4 is 41.4 Å². The molecule has 0 aliphatic heterocycles. The third-order valence-corrected chi connectivity index (χ3v) is 14.6. The molecular weight excluding hydrogens is 1140 g/mol. The number of carbonyl (C=O) groups is 10. The van der Waals surface area contributed by atoms with E-state index in [4.69, 9.17) is 28.4 Å². The van der Waals surface area contributed by atoms with Gasteiger partial charge in [-0.05, 0) is 117 Å². The van der Waals surface area contributed by atoms with Gasteiger partial charge in [0.25, 0.3) is 0 Å². The summed E-state index contributed by atoms with van der Waals surface area (Å²) in [7, 11) is 5.52. The van der Waals surface area contributed by atoms with Crippen LogP contribution in [0.15, 0.2) is 109 Å². The Labute approximate surface area is 513 Å². The lowest BCUT2D eigenvalue weighted by Gasteiger charge is -2.34. The first-order chi connectivity index (χ1) is 42.6. The molecule has 0 aromatic heterocycles. The highest BCUT2D eigenvalue weighted by molar-refractivity contribution is 5.92. The summed E-state index contributed by atoms with van der Waals surface area (Å²) in [5.74, 6) is -4.84. The fourth-order valence-corrected chi connectivity index (χ4v) is 9.77. The molecule has 0 spiro atoms. The highest BCUT2D eigenvalue weighted by Gasteiger charge is 2.37. The van der Waals surface area contributed by atoms with E-state index in [2.05, 4.69) is 31.9 Å². The number of methoxy groups -OCH3 is 4. The maximum Gasteiger partial charge on any atom is 0.408 e. The van der Waals surface area contributed by atoms with E-state index in [9.17, 15) is 47.9 Å². The van der Waals surface area contributed by atoms with Gasteiger partial charge < -0.3 is 70.1 Å². The normalized spacial score (nSPS) is 14.0. The number of ether oxygens (including phenoxy) is 6. The van der Waals surface area contributed by atoms with Gasteiger partial charge in [0.1, 0.15) is 63.0 Å². The van der Waals surface area contributed by atoms with Gasteiger partial charge in [0.2, 0.25) is 35.4 Å². The molecule has 1 aliphatic rings. The van der Waals surface area contributed by atoms with Crippen LogP contribution in [0.1, 0.15) is 86.5 Å². The van der Waals surface area contributed by atoms with Crippen LogP contribution >= 0.6 is 0 Å². The maximum absolute atomic E-state index is 14.6. The number of unbranched alkanes of at least 4 members (excludes halogenated alkanes) is 2.